The van der Waals surface area contributed by atoms with Crippen molar-refractivity contribution in [1.82, 2.24) is 0 Å². The number of nitrogens with one attached hydrogen (secondary N) is 1. The summed E-state index contributed by atoms with van der Waals surface area (Å²) in [4.78, 5) is 0.410. The van der Waals surface area contributed by atoms with Gasteiger partial charge >= 0.3 is 0 Å². The van der Waals surface area contributed by atoms with Crippen molar-refractivity contribution < 1.29 is 0 Å². The van der Waals surface area contributed by atoms with E-state index in [1.807, 2.05) is 18.2 Å². The first-order chi connectivity index (χ1) is 8.56. The van der Waals surface area contributed by atoms with Gasteiger partial charge in [-0.05, 0) is 42.9 Å². The summed E-state index contributed by atoms with van der Waals surface area (Å²) in [5.41, 5.74) is 8.01. The maximum atomic E-state index is 6.03. The molecule has 1 aliphatic carbocycles. The van der Waals surface area contributed by atoms with E-state index in [0.29, 0.717) is 15.4 Å². The molecule has 0 spiro atoms. The van der Waals surface area contributed by atoms with E-state index in [2.05, 4.69) is 12.2 Å². The fourth-order valence-corrected chi connectivity index (χ4v) is 2.84. The molecule has 1 aromatic rings. The Morgan fingerprint density at radius 2 is 2.22 bits per heavy atom. The molecule has 1 aliphatic rings. The quantitative estimate of drug-likeness (QED) is 0.803. The van der Waals surface area contributed by atoms with E-state index in [1.54, 1.807) is 0 Å². The molecule has 0 saturated heterocycles. The Kier molecular flexibility index (Phi) is 4.13. The molecule has 2 rings (SSSR count). The number of benzene rings is 1. The van der Waals surface area contributed by atoms with Crippen molar-refractivity contribution in [3.63, 3.8) is 0 Å². The second-order valence-electron chi connectivity index (χ2n) is 5.11. The molecule has 0 amide bonds. The smallest absolute Gasteiger partial charge is 0.106 e. The Labute approximate surface area is 119 Å². The van der Waals surface area contributed by atoms with Crippen LogP contribution in [0.4, 0.5) is 5.69 Å². The van der Waals surface area contributed by atoms with Crippen molar-refractivity contribution in [2.24, 2.45) is 11.1 Å². The Hall–Kier alpha value is -0.800. The first-order valence-electron chi connectivity index (χ1n) is 6.39. The van der Waals surface area contributed by atoms with Crippen LogP contribution < -0.4 is 11.1 Å². The Balaban J connectivity index is 2.12. The summed E-state index contributed by atoms with van der Waals surface area (Å²) in [5.74, 6) is 0. The maximum absolute atomic E-state index is 6.03. The van der Waals surface area contributed by atoms with Gasteiger partial charge in [0.15, 0.2) is 0 Å². The Morgan fingerprint density at radius 1 is 1.50 bits per heavy atom. The second kappa shape index (κ2) is 5.45. The van der Waals surface area contributed by atoms with E-state index in [9.17, 15) is 0 Å². The monoisotopic (exact) mass is 282 g/mol. The lowest BCUT2D eigenvalue weighted by Gasteiger charge is -2.41. The molecule has 0 bridgehead atoms. The Morgan fingerprint density at radius 3 is 2.72 bits per heavy atom. The van der Waals surface area contributed by atoms with E-state index in [0.717, 1.165) is 17.8 Å². The molecule has 2 nitrogen and oxygen atoms in total. The number of nitrogens with two attached hydrogens (primary N) is 1. The fraction of sp³-hybridized carbons (Fsp3) is 0.500. The van der Waals surface area contributed by atoms with Gasteiger partial charge in [-0.1, -0.05) is 37.2 Å². The number of halogens is 1. The van der Waals surface area contributed by atoms with Crippen LogP contribution in [0.25, 0.3) is 0 Å². The van der Waals surface area contributed by atoms with Crippen LogP contribution in [0.15, 0.2) is 18.2 Å². The first-order valence-corrected chi connectivity index (χ1v) is 7.18. The van der Waals surface area contributed by atoms with Gasteiger partial charge in [0, 0.05) is 22.8 Å². The van der Waals surface area contributed by atoms with Gasteiger partial charge in [-0.25, -0.2) is 0 Å². The molecule has 0 heterocycles. The van der Waals surface area contributed by atoms with Crippen molar-refractivity contribution in [3.05, 3.63) is 28.8 Å². The van der Waals surface area contributed by atoms with E-state index in [4.69, 9.17) is 29.6 Å². The van der Waals surface area contributed by atoms with Crippen LogP contribution in [0.5, 0.6) is 0 Å². The lowest BCUT2D eigenvalue weighted by molar-refractivity contribution is 0.145. The summed E-state index contributed by atoms with van der Waals surface area (Å²) < 4.78 is 0. The lowest BCUT2D eigenvalue weighted by Crippen LogP contribution is -2.36. The third-order valence-electron chi connectivity index (χ3n) is 4.07. The van der Waals surface area contributed by atoms with Gasteiger partial charge in [-0.3, -0.25) is 0 Å². The molecule has 0 aliphatic heterocycles. The SMILES string of the molecule is CCC1(CNc2cc(Cl)ccc2C(N)=S)CCC1. The molecule has 18 heavy (non-hydrogen) atoms. The summed E-state index contributed by atoms with van der Waals surface area (Å²) >= 11 is 11.1. The number of hydrogen-bond donors (Lipinski definition) is 2. The summed E-state index contributed by atoms with van der Waals surface area (Å²) in [6, 6.07) is 5.60. The largest absolute Gasteiger partial charge is 0.389 e. The van der Waals surface area contributed by atoms with E-state index in [1.165, 1.54) is 25.7 Å². The summed E-state index contributed by atoms with van der Waals surface area (Å²) in [5, 5.41) is 4.18. The molecular formula is C14H19ClN2S. The van der Waals surface area contributed by atoms with Crippen LogP contribution >= 0.6 is 23.8 Å². The molecule has 3 N–H and O–H groups in total. The van der Waals surface area contributed by atoms with Crippen molar-refractivity contribution in [1.29, 1.82) is 0 Å². The minimum atomic E-state index is 0.410. The molecular weight excluding hydrogens is 264 g/mol. The van der Waals surface area contributed by atoms with Crippen molar-refractivity contribution in [2.75, 3.05) is 11.9 Å². The van der Waals surface area contributed by atoms with Gasteiger partial charge in [0.1, 0.15) is 4.99 Å². The molecule has 1 aromatic carbocycles. The minimum Gasteiger partial charge on any atom is -0.389 e. The van der Waals surface area contributed by atoms with Crippen molar-refractivity contribution in [3.8, 4) is 0 Å². The zero-order chi connectivity index (χ0) is 13.2. The number of rotatable bonds is 5. The molecule has 0 unspecified atom stereocenters. The summed E-state index contributed by atoms with van der Waals surface area (Å²) in [6.45, 7) is 3.23. The number of anilines is 1. The average molecular weight is 283 g/mol. The predicted molar refractivity (Wildman–Crippen MR) is 82.4 cm³/mol. The third kappa shape index (κ3) is 2.78. The summed E-state index contributed by atoms with van der Waals surface area (Å²) in [6.07, 6.45) is 5.16. The van der Waals surface area contributed by atoms with Gasteiger partial charge < -0.3 is 11.1 Å². The van der Waals surface area contributed by atoms with Crippen LogP contribution in [-0.2, 0) is 0 Å². The van der Waals surface area contributed by atoms with Crippen LogP contribution in [0.3, 0.4) is 0 Å². The summed E-state index contributed by atoms with van der Waals surface area (Å²) in [7, 11) is 0. The molecule has 0 atom stereocenters. The van der Waals surface area contributed by atoms with Gasteiger partial charge in [0.25, 0.3) is 0 Å². The average Bonchev–Trinajstić information content (AvgIpc) is 2.28. The highest BCUT2D eigenvalue weighted by atomic mass is 35.5. The fourth-order valence-electron chi connectivity index (χ4n) is 2.49. The predicted octanol–water partition coefficient (Wildman–Crippen LogP) is 3.97. The second-order valence-corrected chi connectivity index (χ2v) is 5.99. The van der Waals surface area contributed by atoms with Gasteiger partial charge in [-0.2, -0.15) is 0 Å². The van der Waals surface area contributed by atoms with Crippen molar-refractivity contribution >= 4 is 34.5 Å². The highest BCUT2D eigenvalue weighted by molar-refractivity contribution is 7.80. The van der Waals surface area contributed by atoms with E-state index < -0.39 is 0 Å². The first kappa shape index (κ1) is 13.6. The standard InChI is InChI=1S/C14H19ClN2S/c1-2-14(6-3-7-14)9-17-12-8-10(15)4-5-11(12)13(16)18/h4-5,8,17H,2-3,6-7,9H2,1H3,(H2,16,18). The van der Waals surface area contributed by atoms with Gasteiger partial charge in [-0.15, -0.1) is 0 Å². The van der Waals surface area contributed by atoms with Gasteiger partial charge in [0.05, 0.1) is 0 Å². The Bertz CT molecular complexity index is 450. The topological polar surface area (TPSA) is 38.0 Å². The highest BCUT2D eigenvalue weighted by Gasteiger charge is 2.34. The molecule has 98 valence electrons. The van der Waals surface area contributed by atoms with Crippen molar-refractivity contribution in [2.45, 2.75) is 32.6 Å². The molecule has 1 saturated carbocycles. The van der Waals surface area contributed by atoms with Crippen LogP contribution in [0.1, 0.15) is 38.2 Å². The van der Waals surface area contributed by atoms with E-state index in [-0.39, 0.29) is 0 Å². The third-order valence-corrected chi connectivity index (χ3v) is 4.52. The zero-order valence-corrected chi connectivity index (χ0v) is 12.2. The highest BCUT2D eigenvalue weighted by Crippen LogP contribution is 2.43. The number of thiocarbonyl (C=S) groups is 1. The van der Waals surface area contributed by atoms with Crippen LogP contribution in [-0.4, -0.2) is 11.5 Å². The molecule has 0 aromatic heterocycles. The van der Waals surface area contributed by atoms with Gasteiger partial charge in [0.2, 0.25) is 0 Å². The number of hydrogen-bond acceptors (Lipinski definition) is 2. The van der Waals surface area contributed by atoms with Crippen LogP contribution in [0.2, 0.25) is 5.02 Å². The van der Waals surface area contributed by atoms with E-state index >= 15 is 0 Å². The minimum absolute atomic E-state index is 0.410. The normalized spacial score (nSPS) is 17.0. The zero-order valence-electron chi connectivity index (χ0n) is 10.6. The maximum Gasteiger partial charge on any atom is 0.106 e. The molecule has 0 radical (unpaired) electrons. The lowest BCUT2D eigenvalue weighted by atomic mass is 9.67. The molecule has 4 heteroatoms. The van der Waals surface area contributed by atoms with Crippen LogP contribution in [0, 0.1) is 5.41 Å². The molecule has 1 fully saturated rings.